The lowest BCUT2D eigenvalue weighted by atomic mass is 9.79. The molecule has 18 aromatic rings. The fraction of sp³-hybridized carbons (Fsp3) is 0.0577. The number of nitrogens with zero attached hydrogens (tertiary/aromatic N) is 6. The van der Waals surface area contributed by atoms with E-state index in [2.05, 4.69) is 324 Å². The van der Waals surface area contributed by atoms with Crippen molar-refractivity contribution in [2.24, 2.45) is 0 Å². The van der Waals surface area contributed by atoms with Crippen molar-refractivity contribution in [3.63, 3.8) is 0 Å². The molecule has 6 nitrogen and oxygen atoms in total. The summed E-state index contributed by atoms with van der Waals surface area (Å²) in [5.41, 5.74) is 34.3. The van der Waals surface area contributed by atoms with E-state index in [1.54, 1.807) is 0 Å². The zero-order valence-corrected chi connectivity index (χ0v) is 61.5. The van der Waals surface area contributed by atoms with Gasteiger partial charge in [0.05, 0.1) is 28.5 Å². The molecule has 520 valence electrons. The third-order valence-corrected chi connectivity index (χ3v) is 22.4. The second kappa shape index (κ2) is 27.8. The minimum atomic E-state index is -0.0839. The predicted octanol–water partition coefficient (Wildman–Crippen LogP) is 26.7. The van der Waals surface area contributed by atoms with Crippen LogP contribution in [0.3, 0.4) is 0 Å². The van der Waals surface area contributed by atoms with Gasteiger partial charge >= 0.3 is 0 Å². The molecule has 4 heterocycles. The Morgan fingerprint density at radius 3 is 1.04 bits per heavy atom. The van der Waals surface area contributed by atoms with Gasteiger partial charge in [0.2, 0.25) is 0 Å². The van der Waals surface area contributed by atoms with Crippen LogP contribution in [0.4, 0.5) is 0 Å². The van der Waals surface area contributed by atoms with Gasteiger partial charge in [0.25, 0.3) is 0 Å². The van der Waals surface area contributed by atoms with E-state index in [0.29, 0.717) is 11.6 Å². The molecule has 0 saturated heterocycles. The van der Waals surface area contributed by atoms with Gasteiger partial charge in [-0.3, -0.25) is 9.97 Å². The first kappa shape index (κ1) is 66.7. The van der Waals surface area contributed by atoms with Crippen molar-refractivity contribution in [1.29, 1.82) is 0 Å². The maximum atomic E-state index is 5.06. The zero-order valence-electron chi connectivity index (χ0n) is 61.5. The van der Waals surface area contributed by atoms with Crippen molar-refractivity contribution in [3.8, 4) is 157 Å². The Morgan fingerprint density at radius 2 is 0.564 bits per heavy atom. The van der Waals surface area contributed by atoms with E-state index in [4.69, 9.17) is 24.9 Å². The molecule has 0 atom stereocenters. The smallest absolute Gasteiger partial charge is 0.160 e. The molecule has 0 saturated carbocycles. The highest BCUT2D eigenvalue weighted by atomic mass is 14.9. The Balaban J connectivity index is 0.000000149. The van der Waals surface area contributed by atoms with Crippen LogP contribution in [0.1, 0.15) is 49.9 Å². The van der Waals surface area contributed by atoms with Gasteiger partial charge in [-0.1, -0.05) is 337 Å². The summed E-state index contributed by atoms with van der Waals surface area (Å²) in [6.07, 6.45) is 5.55. The molecule has 0 aliphatic heterocycles. The van der Waals surface area contributed by atoms with Crippen molar-refractivity contribution >= 4 is 21.5 Å². The molecule has 0 fully saturated rings. The molecule has 2 aliphatic rings. The van der Waals surface area contributed by atoms with Gasteiger partial charge in [-0.15, -0.1) is 0 Å². The SMILES string of the molecule is CC1(C)c2cc(-c3ccc(-c4ccc(-c5cc(-c6ccc(-c7ccccc7)nc6)nc(-c6ccccc6)n5)cc4)cc3)ccc2-c2ccc3ccccc3c21.CC1(C)c2cc(-c3ccc(-c4ccc(-c5cc(-c6ccc(-c7ccncc7)cc6)nc(-c6ccccc6)n5)cc4)cc3)ccc2-c2c1ccc1ccccc21. The summed E-state index contributed by atoms with van der Waals surface area (Å²) in [7, 11) is 0. The quantitative estimate of drug-likeness (QED) is 0.121. The van der Waals surface area contributed by atoms with Gasteiger partial charge in [-0.05, 0) is 170 Å². The number of rotatable bonds is 12. The third kappa shape index (κ3) is 12.4. The van der Waals surface area contributed by atoms with Gasteiger partial charge in [0, 0.05) is 68.4 Å². The lowest BCUT2D eigenvalue weighted by Gasteiger charge is -2.23. The summed E-state index contributed by atoms with van der Waals surface area (Å²) < 4.78 is 0. The van der Waals surface area contributed by atoms with E-state index in [1.165, 1.54) is 99.4 Å². The highest BCUT2D eigenvalue weighted by Gasteiger charge is 2.38. The zero-order chi connectivity index (χ0) is 73.9. The van der Waals surface area contributed by atoms with Crippen molar-refractivity contribution in [1.82, 2.24) is 29.9 Å². The lowest BCUT2D eigenvalue weighted by Crippen LogP contribution is -2.15. The van der Waals surface area contributed by atoms with Crippen LogP contribution < -0.4 is 0 Å². The summed E-state index contributed by atoms with van der Waals surface area (Å²) in [6, 6.07) is 127. The molecule has 14 aromatic carbocycles. The van der Waals surface area contributed by atoms with Crippen LogP contribution in [-0.2, 0) is 10.8 Å². The van der Waals surface area contributed by atoms with Crippen LogP contribution in [0.25, 0.3) is 178 Å². The third-order valence-electron chi connectivity index (χ3n) is 22.4. The summed E-state index contributed by atoms with van der Waals surface area (Å²) in [4.78, 5) is 29.1. The number of pyridine rings is 2. The van der Waals surface area contributed by atoms with Gasteiger partial charge < -0.3 is 0 Å². The van der Waals surface area contributed by atoms with Gasteiger partial charge in [-0.2, -0.15) is 0 Å². The van der Waals surface area contributed by atoms with E-state index < -0.39 is 0 Å². The van der Waals surface area contributed by atoms with Gasteiger partial charge in [0.1, 0.15) is 0 Å². The minimum absolute atomic E-state index is 0.0657. The van der Waals surface area contributed by atoms with Crippen LogP contribution >= 0.6 is 0 Å². The molecule has 0 spiro atoms. The lowest BCUT2D eigenvalue weighted by molar-refractivity contribution is 0.661. The van der Waals surface area contributed by atoms with Crippen LogP contribution in [0.15, 0.2) is 377 Å². The van der Waals surface area contributed by atoms with Crippen molar-refractivity contribution in [3.05, 3.63) is 399 Å². The van der Waals surface area contributed by atoms with Crippen LogP contribution in [0.5, 0.6) is 0 Å². The number of hydrogen-bond acceptors (Lipinski definition) is 6. The highest BCUT2D eigenvalue weighted by Crippen LogP contribution is 2.54. The molecule has 0 amide bonds. The fourth-order valence-corrected chi connectivity index (χ4v) is 16.5. The summed E-state index contributed by atoms with van der Waals surface area (Å²) in [6.45, 7) is 9.45. The minimum Gasteiger partial charge on any atom is -0.265 e. The highest BCUT2D eigenvalue weighted by molar-refractivity contribution is 6.03. The van der Waals surface area contributed by atoms with Gasteiger partial charge in [-0.25, -0.2) is 19.9 Å². The molecule has 2 aliphatic carbocycles. The Morgan fingerprint density at radius 1 is 0.218 bits per heavy atom. The van der Waals surface area contributed by atoms with Crippen molar-refractivity contribution < 1.29 is 0 Å². The molecule has 0 radical (unpaired) electrons. The van der Waals surface area contributed by atoms with Gasteiger partial charge in [0.15, 0.2) is 11.6 Å². The number of aromatic nitrogens is 6. The molecule has 6 heteroatoms. The topological polar surface area (TPSA) is 77.3 Å². The summed E-state index contributed by atoms with van der Waals surface area (Å²) >= 11 is 0. The summed E-state index contributed by atoms with van der Waals surface area (Å²) in [5.74, 6) is 1.39. The van der Waals surface area contributed by atoms with E-state index in [1.807, 2.05) is 85.3 Å². The van der Waals surface area contributed by atoms with Crippen LogP contribution in [0, 0.1) is 0 Å². The monoisotopic (exact) mass is 1410 g/mol. The van der Waals surface area contributed by atoms with Crippen LogP contribution in [0.2, 0.25) is 0 Å². The normalized spacial score (nSPS) is 12.7. The first-order chi connectivity index (χ1) is 54.0. The first-order valence-corrected chi connectivity index (χ1v) is 37.7. The van der Waals surface area contributed by atoms with Crippen molar-refractivity contribution in [2.75, 3.05) is 0 Å². The molecule has 110 heavy (non-hydrogen) atoms. The first-order valence-electron chi connectivity index (χ1n) is 37.7. The Bertz CT molecular complexity index is 6480. The molecule has 0 bridgehead atoms. The molecular weight excluding hydrogens is 1330 g/mol. The van der Waals surface area contributed by atoms with Crippen LogP contribution in [-0.4, -0.2) is 29.9 Å². The largest absolute Gasteiger partial charge is 0.265 e. The average molecular weight is 1410 g/mol. The van der Waals surface area contributed by atoms with Crippen molar-refractivity contribution in [2.45, 2.75) is 38.5 Å². The van der Waals surface area contributed by atoms with E-state index in [-0.39, 0.29) is 10.8 Å². The maximum Gasteiger partial charge on any atom is 0.160 e. The standard InChI is InChI=1S/2C52H37N3/c1-52(2)46-31-41(26-28-44(46)45-29-25-37-11-9-10-16-43(37)50(45)52)36-19-17-34(18-20-36)35-21-23-39(24-22-35)48-32-49(55-51(54-48)40-14-7-4-8-15-40)42-27-30-47(53-33-42)38-12-5-3-6-13-38;1-52(2)46-27-25-39-8-6-7-11-44(39)50(46)45-26-24-43(32-47(45)52)37-14-12-34(13-15-37)35-16-20-40(21-17-35)48-33-49(55-51(54-48)42-9-4-3-5-10-42)41-22-18-36(19-23-41)38-28-30-53-31-29-38/h2*3-33H,1-2H3. The second-order valence-electron chi connectivity index (χ2n) is 29.8. The number of benzene rings is 14. The van der Waals surface area contributed by atoms with E-state index in [9.17, 15) is 0 Å². The molecular formula is C104H74N6. The second-order valence-corrected chi connectivity index (χ2v) is 29.8. The fourth-order valence-electron chi connectivity index (χ4n) is 16.5. The number of fused-ring (bicyclic) bond motifs is 10. The average Bonchev–Trinajstić information content (AvgIpc) is 1.57. The Labute approximate surface area is 641 Å². The number of hydrogen-bond donors (Lipinski definition) is 0. The summed E-state index contributed by atoms with van der Waals surface area (Å²) in [5, 5.41) is 5.27. The maximum absolute atomic E-state index is 5.06. The Kier molecular flexibility index (Phi) is 16.8. The molecule has 0 N–H and O–H groups in total. The molecule has 0 unspecified atom stereocenters. The predicted molar refractivity (Wildman–Crippen MR) is 455 cm³/mol. The Hall–Kier alpha value is -13.9. The van der Waals surface area contributed by atoms with E-state index >= 15 is 0 Å². The molecule has 4 aromatic heterocycles. The molecule has 20 rings (SSSR count). The van der Waals surface area contributed by atoms with E-state index in [0.717, 1.165) is 89.7 Å².